The molecule has 0 aliphatic carbocycles. The van der Waals surface area contributed by atoms with Gasteiger partial charge in [-0.15, -0.1) is 0 Å². The number of alkyl halides is 3. The van der Waals surface area contributed by atoms with Crippen molar-refractivity contribution in [3.05, 3.63) is 35.7 Å². The maximum Gasteiger partial charge on any atom is 0.471 e. The Labute approximate surface area is 134 Å². The smallest absolute Gasteiger partial charge is 0.391 e. The summed E-state index contributed by atoms with van der Waals surface area (Å²) < 4.78 is 41.6. The van der Waals surface area contributed by atoms with Crippen LogP contribution in [0.1, 0.15) is 29.1 Å². The summed E-state index contributed by atoms with van der Waals surface area (Å²) in [5.74, 6) is -1.85. The van der Waals surface area contributed by atoms with Gasteiger partial charge in [-0.05, 0) is 25.0 Å². The molecule has 1 aliphatic rings. The van der Waals surface area contributed by atoms with Crippen molar-refractivity contribution >= 4 is 5.91 Å². The second-order valence-electron chi connectivity index (χ2n) is 5.55. The first-order valence-electron chi connectivity index (χ1n) is 7.33. The van der Waals surface area contributed by atoms with E-state index in [2.05, 4.69) is 14.7 Å². The van der Waals surface area contributed by atoms with E-state index in [0.29, 0.717) is 24.1 Å². The van der Waals surface area contributed by atoms with E-state index in [1.165, 1.54) is 24.3 Å². The summed E-state index contributed by atoms with van der Waals surface area (Å²) in [7, 11) is 0. The number of carbonyl (C=O) groups excluding carboxylic acids is 1. The number of carbonyl (C=O) groups is 1. The number of aliphatic hydroxyl groups is 1. The molecule has 1 saturated heterocycles. The maximum atomic E-state index is 12.5. The Morgan fingerprint density at radius 1 is 1.29 bits per heavy atom. The first kappa shape index (κ1) is 16.4. The molecule has 3 rings (SSSR count). The third-order valence-electron chi connectivity index (χ3n) is 3.74. The second-order valence-corrected chi connectivity index (χ2v) is 5.55. The predicted molar refractivity (Wildman–Crippen MR) is 75.9 cm³/mol. The highest BCUT2D eigenvalue weighted by atomic mass is 19.4. The Kier molecular flexibility index (Phi) is 4.27. The van der Waals surface area contributed by atoms with Gasteiger partial charge in [0.1, 0.15) is 0 Å². The minimum Gasteiger partial charge on any atom is -0.391 e. The summed E-state index contributed by atoms with van der Waals surface area (Å²) in [4.78, 5) is 17.2. The molecule has 0 spiro atoms. The van der Waals surface area contributed by atoms with Gasteiger partial charge in [0.2, 0.25) is 5.82 Å². The average Bonchev–Trinajstić information content (AvgIpc) is 3.04. The minimum atomic E-state index is -4.70. The van der Waals surface area contributed by atoms with Crippen LogP contribution >= 0.6 is 0 Å². The summed E-state index contributed by atoms with van der Waals surface area (Å²) in [5, 5.41) is 12.9. The SMILES string of the molecule is O=C(c1ccc(-c2noc(C(F)(F)F)n2)cc1)N1CCCC(O)C1. The number of amides is 1. The second kappa shape index (κ2) is 6.23. The summed E-state index contributed by atoms with van der Waals surface area (Å²) >= 11 is 0. The first-order chi connectivity index (χ1) is 11.3. The maximum absolute atomic E-state index is 12.5. The molecule has 1 aliphatic heterocycles. The quantitative estimate of drug-likeness (QED) is 0.907. The zero-order valence-electron chi connectivity index (χ0n) is 12.5. The van der Waals surface area contributed by atoms with Crippen LogP contribution in [0.2, 0.25) is 0 Å². The third kappa shape index (κ3) is 3.40. The number of hydrogen-bond donors (Lipinski definition) is 1. The Morgan fingerprint density at radius 2 is 2.00 bits per heavy atom. The van der Waals surface area contributed by atoms with Crippen molar-refractivity contribution in [2.24, 2.45) is 0 Å². The van der Waals surface area contributed by atoms with Crippen molar-refractivity contribution in [3.8, 4) is 11.4 Å². The fourth-order valence-corrected chi connectivity index (χ4v) is 2.54. The molecule has 2 heterocycles. The van der Waals surface area contributed by atoms with Crippen LogP contribution in [0.5, 0.6) is 0 Å². The summed E-state index contributed by atoms with van der Waals surface area (Å²) in [6, 6.07) is 5.89. The Balaban J connectivity index is 1.75. The number of halogens is 3. The summed E-state index contributed by atoms with van der Waals surface area (Å²) in [6.45, 7) is 0.845. The van der Waals surface area contributed by atoms with E-state index >= 15 is 0 Å². The molecule has 9 heteroatoms. The number of rotatable bonds is 2. The van der Waals surface area contributed by atoms with Crippen LogP contribution in [0.4, 0.5) is 13.2 Å². The van der Waals surface area contributed by atoms with E-state index in [0.717, 1.165) is 6.42 Å². The third-order valence-corrected chi connectivity index (χ3v) is 3.74. The lowest BCUT2D eigenvalue weighted by molar-refractivity contribution is -0.159. The van der Waals surface area contributed by atoms with Gasteiger partial charge >= 0.3 is 12.1 Å². The summed E-state index contributed by atoms with van der Waals surface area (Å²) in [6.07, 6.45) is -3.83. The van der Waals surface area contributed by atoms with Gasteiger partial charge in [-0.25, -0.2) is 0 Å². The van der Waals surface area contributed by atoms with Crippen LogP contribution in [0.25, 0.3) is 11.4 Å². The predicted octanol–water partition coefficient (Wildman–Crippen LogP) is 2.35. The Hall–Kier alpha value is -2.42. The number of hydrogen-bond acceptors (Lipinski definition) is 5. The van der Waals surface area contributed by atoms with E-state index in [-0.39, 0.29) is 18.3 Å². The van der Waals surface area contributed by atoms with Gasteiger partial charge in [0, 0.05) is 24.2 Å². The van der Waals surface area contributed by atoms with E-state index < -0.39 is 18.2 Å². The molecular weight excluding hydrogens is 327 g/mol. The Bertz CT molecular complexity index is 728. The average molecular weight is 341 g/mol. The van der Waals surface area contributed by atoms with Crippen LogP contribution < -0.4 is 0 Å². The van der Waals surface area contributed by atoms with Gasteiger partial charge in [-0.1, -0.05) is 17.3 Å². The highest BCUT2D eigenvalue weighted by molar-refractivity contribution is 5.94. The van der Waals surface area contributed by atoms with E-state index in [4.69, 9.17) is 0 Å². The number of benzene rings is 1. The van der Waals surface area contributed by atoms with Gasteiger partial charge < -0.3 is 14.5 Å². The molecule has 128 valence electrons. The van der Waals surface area contributed by atoms with E-state index in [1.807, 2.05) is 0 Å². The molecule has 6 nitrogen and oxygen atoms in total. The lowest BCUT2D eigenvalue weighted by atomic mass is 10.1. The van der Waals surface area contributed by atoms with E-state index in [1.54, 1.807) is 4.90 Å². The van der Waals surface area contributed by atoms with Crippen molar-refractivity contribution in [2.45, 2.75) is 25.1 Å². The molecule has 24 heavy (non-hydrogen) atoms. The minimum absolute atomic E-state index is 0.199. The monoisotopic (exact) mass is 341 g/mol. The van der Waals surface area contributed by atoms with Crippen LogP contribution in [0.3, 0.4) is 0 Å². The molecule has 1 unspecified atom stereocenters. The van der Waals surface area contributed by atoms with Crippen LogP contribution in [-0.4, -0.2) is 45.2 Å². The largest absolute Gasteiger partial charge is 0.471 e. The highest BCUT2D eigenvalue weighted by Gasteiger charge is 2.38. The van der Waals surface area contributed by atoms with Crippen molar-refractivity contribution in [3.63, 3.8) is 0 Å². The summed E-state index contributed by atoms with van der Waals surface area (Å²) in [5.41, 5.74) is 0.692. The topological polar surface area (TPSA) is 79.5 Å². The van der Waals surface area contributed by atoms with Crippen LogP contribution in [-0.2, 0) is 6.18 Å². The molecule has 1 amide bonds. The van der Waals surface area contributed by atoms with Gasteiger partial charge in [-0.3, -0.25) is 4.79 Å². The number of likely N-dealkylation sites (tertiary alicyclic amines) is 1. The van der Waals surface area contributed by atoms with Gasteiger partial charge in [0.05, 0.1) is 6.10 Å². The zero-order chi connectivity index (χ0) is 17.3. The lowest BCUT2D eigenvalue weighted by Crippen LogP contribution is -2.42. The number of aromatic nitrogens is 2. The molecule has 1 atom stereocenters. The first-order valence-corrected chi connectivity index (χ1v) is 7.33. The molecule has 2 aromatic rings. The normalized spacial score (nSPS) is 18.7. The number of aliphatic hydroxyl groups excluding tert-OH is 1. The highest BCUT2D eigenvalue weighted by Crippen LogP contribution is 2.29. The van der Waals surface area contributed by atoms with Crippen molar-refractivity contribution in [2.75, 3.05) is 13.1 Å². The lowest BCUT2D eigenvalue weighted by Gasteiger charge is -2.30. The van der Waals surface area contributed by atoms with Crippen molar-refractivity contribution in [1.82, 2.24) is 15.0 Å². The van der Waals surface area contributed by atoms with Gasteiger partial charge in [0.25, 0.3) is 5.91 Å². The van der Waals surface area contributed by atoms with Crippen LogP contribution in [0.15, 0.2) is 28.8 Å². The van der Waals surface area contributed by atoms with Gasteiger partial charge in [-0.2, -0.15) is 18.2 Å². The molecule has 0 bridgehead atoms. The van der Waals surface area contributed by atoms with Crippen molar-refractivity contribution in [1.29, 1.82) is 0 Å². The molecular formula is C15H14F3N3O3. The fraction of sp³-hybridized carbons (Fsp3) is 0.400. The van der Waals surface area contributed by atoms with Crippen LogP contribution in [0, 0.1) is 0 Å². The fourth-order valence-electron chi connectivity index (χ4n) is 2.54. The van der Waals surface area contributed by atoms with Gasteiger partial charge in [0.15, 0.2) is 0 Å². The molecule has 1 fully saturated rings. The molecule has 0 radical (unpaired) electrons. The van der Waals surface area contributed by atoms with Crippen molar-refractivity contribution < 1.29 is 27.6 Å². The number of nitrogens with zero attached hydrogens (tertiary/aromatic N) is 3. The molecule has 1 N–H and O–H groups in total. The number of piperidine rings is 1. The number of β-amino-alcohol motifs (C(OH)–C–C–N with tert-alkyl or cyclic N) is 1. The molecule has 1 aromatic carbocycles. The molecule has 1 aromatic heterocycles. The standard InChI is InChI=1S/C15H14F3N3O3/c16-15(17,18)14-19-12(20-24-14)9-3-5-10(6-4-9)13(23)21-7-1-2-11(22)8-21/h3-6,11,22H,1-2,7-8H2. The van der Waals surface area contributed by atoms with E-state index in [9.17, 15) is 23.1 Å². The Morgan fingerprint density at radius 3 is 2.58 bits per heavy atom. The molecule has 0 saturated carbocycles. The zero-order valence-corrected chi connectivity index (χ0v) is 12.5.